The number of rotatable bonds is 5. The third-order valence-electron chi connectivity index (χ3n) is 3.35. The number of benzene rings is 1. The van der Waals surface area contributed by atoms with Crippen LogP contribution in [0.4, 0.5) is 0 Å². The predicted octanol–water partition coefficient (Wildman–Crippen LogP) is 1.18. The summed E-state index contributed by atoms with van der Waals surface area (Å²) in [5.74, 6) is -1.14. The second-order valence-corrected chi connectivity index (χ2v) is 5.60. The second-order valence-electron chi connectivity index (χ2n) is 4.72. The molecular weight excluding hydrogens is 276 g/mol. The number of hydrogen-bond donors (Lipinski definition) is 2. The molecule has 1 heterocycles. The highest BCUT2D eigenvalue weighted by Gasteiger charge is 2.31. The average Bonchev–Trinajstić information content (AvgIpc) is 2.43. The summed E-state index contributed by atoms with van der Waals surface area (Å²) >= 11 is 1.68. The first-order valence-electron chi connectivity index (χ1n) is 6.46. The van der Waals surface area contributed by atoms with E-state index < -0.39 is 12.0 Å². The first kappa shape index (κ1) is 14.9. The van der Waals surface area contributed by atoms with Crippen LogP contribution in [-0.2, 0) is 16.1 Å². The number of hydrogen-bond acceptors (Lipinski definition) is 4. The summed E-state index contributed by atoms with van der Waals surface area (Å²) < 4.78 is 0. The molecule has 0 spiro atoms. The Morgan fingerprint density at radius 3 is 2.75 bits per heavy atom. The molecule has 0 radical (unpaired) electrons. The van der Waals surface area contributed by atoms with E-state index in [0.29, 0.717) is 19.6 Å². The lowest BCUT2D eigenvalue weighted by molar-refractivity contribution is -0.143. The van der Waals surface area contributed by atoms with Crippen molar-refractivity contribution in [3.05, 3.63) is 29.8 Å². The fourth-order valence-electron chi connectivity index (χ4n) is 2.30. The zero-order valence-corrected chi connectivity index (χ0v) is 12.2. The molecule has 1 unspecified atom stereocenters. The number of carboxylic acid groups (broad SMARTS) is 1. The lowest BCUT2D eigenvalue weighted by Crippen LogP contribution is -2.55. The van der Waals surface area contributed by atoms with E-state index in [-0.39, 0.29) is 12.3 Å². The summed E-state index contributed by atoms with van der Waals surface area (Å²) in [6.45, 7) is 1.84. The van der Waals surface area contributed by atoms with Crippen LogP contribution in [-0.4, -0.2) is 47.3 Å². The maximum atomic E-state index is 11.8. The molecule has 2 rings (SSSR count). The largest absolute Gasteiger partial charge is 0.481 e. The fraction of sp³-hybridized carbons (Fsp3) is 0.429. The molecule has 1 fully saturated rings. The number of nitrogens with zero attached hydrogens (tertiary/aromatic N) is 1. The molecule has 20 heavy (non-hydrogen) atoms. The number of aliphatic carboxylic acids is 1. The van der Waals surface area contributed by atoms with Crippen molar-refractivity contribution >= 4 is 23.6 Å². The predicted molar refractivity (Wildman–Crippen MR) is 77.7 cm³/mol. The number of carboxylic acids is 1. The van der Waals surface area contributed by atoms with Gasteiger partial charge in [-0.15, -0.1) is 11.8 Å². The van der Waals surface area contributed by atoms with Crippen LogP contribution in [0.15, 0.2) is 29.2 Å². The van der Waals surface area contributed by atoms with Crippen LogP contribution in [0.1, 0.15) is 12.0 Å². The van der Waals surface area contributed by atoms with E-state index in [0.717, 1.165) is 5.56 Å². The summed E-state index contributed by atoms with van der Waals surface area (Å²) in [5, 5.41) is 11.7. The average molecular weight is 294 g/mol. The van der Waals surface area contributed by atoms with Gasteiger partial charge in [-0.05, 0) is 24.0 Å². The van der Waals surface area contributed by atoms with Gasteiger partial charge in [-0.3, -0.25) is 14.5 Å². The Kier molecular flexibility index (Phi) is 5.03. The molecule has 1 aliphatic heterocycles. The van der Waals surface area contributed by atoms with E-state index in [4.69, 9.17) is 5.11 Å². The highest BCUT2D eigenvalue weighted by atomic mass is 32.2. The molecule has 0 aliphatic carbocycles. The summed E-state index contributed by atoms with van der Waals surface area (Å²) in [7, 11) is 0. The van der Waals surface area contributed by atoms with Crippen molar-refractivity contribution in [2.24, 2.45) is 0 Å². The Hall–Kier alpha value is -1.53. The number of nitrogens with one attached hydrogen (secondary N) is 1. The number of amides is 1. The number of carbonyl (C=O) groups excluding carboxylic acids is 1. The van der Waals surface area contributed by atoms with E-state index in [1.54, 1.807) is 11.8 Å². The molecule has 1 aliphatic rings. The van der Waals surface area contributed by atoms with Crippen molar-refractivity contribution in [3.63, 3.8) is 0 Å². The first-order valence-corrected chi connectivity index (χ1v) is 7.69. The Morgan fingerprint density at radius 2 is 2.15 bits per heavy atom. The van der Waals surface area contributed by atoms with E-state index in [1.807, 2.05) is 35.4 Å². The molecule has 1 atom stereocenters. The van der Waals surface area contributed by atoms with Crippen molar-refractivity contribution < 1.29 is 14.7 Å². The minimum Gasteiger partial charge on any atom is -0.481 e. The molecule has 0 bridgehead atoms. The molecule has 1 amide bonds. The number of thioether (sulfide) groups is 1. The van der Waals surface area contributed by atoms with Gasteiger partial charge >= 0.3 is 5.97 Å². The van der Waals surface area contributed by atoms with Gasteiger partial charge in [-0.25, -0.2) is 0 Å². The van der Waals surface area contributed by atoms with Gasteiger partial charge in [0.1, 0.15) is 6.04 Å². The fourth-order valence-corrected chi connectivity index (χ4v) is 2.71. The summed E-state index contributed by atoms with van der Waals surface area (Å²) in [6, 6.07) is 7.54. The summed E-state index contributed by atoms with van der Waals surface area (Å²) in [6.07, 6.45) is 1.86. The molecule has 108 valence electrons. The van der Waals surface area contributed by atoms with Crippen LogP contribution >= 0.6 is 11.8 Å². The maximum absolute atomic E-state index is 11.8. The Balaban J connectivity index is 2.07. The molecule has 0 aromatic heterocycles. The SMILES string of the molecule is CSc1ccc(CN2CCNC(=O)C2CC(=O)O)cc1. The third-order valence-corrected chi connectivity index (χ3v) is 4.10. The minimum atomic E-state index is -0.949. The minimum absolute atomic E-state index is 0.158. The van der Waals surface area contributed by atoms with Gasteiger partial charge in [0, 0.05) is 24.5 Å². The zero-order chi connectivity index (χ0) is 14.5. The second kappa shape index (κ2) is 6.76. The zero-order valence-electron chi connectivity index (χ0n) is 11.3. The Bertz CT molecular complexity index is 490. The monoisotopic (exact) mass is 294 g/mol. The smallest absolute Gasteiger partial charge is 0.305 e. The van der Waals surface area contributed by atoms with Crippen molar-refractivity contribution in [1.82, 2.24) is 10.2 Å². The Labute approximate surface area is 122 Å². The lowest BCUT2D eigenvalue weighted by atomic mass is 10.1. The van der Waals surface area contributed by atoms with Gasteiger partial charge in [0.2, 0.25) is 5.91 Å². The van der Waals surface area contributed by atoms with Crippen LogP contribution in [0.3, 0.4) is 0 Å². The standard InChI is InChI=1S/C14H18N2O3S/c1-20-11-4-2-10(3-5-11)9-16-7-6-15-14(19)12(16)8-13(17)18/h2-5,12H,6-9H2,1H3,(H,15,19)(H,17,18). The molecular formula is C14H18N2O3S. The lowest BCUT2D eigenvalue weighted by Gasteiger charge is -2.34. The quantitative estimate of drug-likeness (QED) is 0.798. The molecule has 1 aromatic rings. The maximum Gasteiger partial charge on any atom is 0.305 e. The molecule has 0 saturated carbocycles. The van der Waals surface area contributed by atoms with Crippen molar-refractivity contribution in [3.8, 4) is 0 Å². The molecule has 2 N–H and O–H groups in total. The van der Waals surface area contributed by atoms with E-state index >= 15 is 0 Å². The van der Waals surface area contributed by atoms with Crippen LogP contribution in [0.2, 0.25) is 0 Å². The Morgan fingerprint density at radius 1 is 1.45 bits per heavy atom. The van der Waals surface area contributed by atoms with E-state index in [2.05, 4.69) is 5.32 Å². The molecule has 5 nitrogen and oxygen atoms in total. The van der Waals surface area contributed by atoms with Crippen molar-refractivity contribution in [1.29, 1.82) is 0 Å². The summed E-state index contributed by atoms with van der Waals surface area (Å²) in [4.78, 5) is 25.8. The highest BCUT2D eigenvalue weighted by Crippen LogP contribution is 2.18. The van der Waals surface area contributed by atoms with Crippen LogP contribution in [0.5, 0.6) is 0 Å². The van der Waals surface area contributed by atoms with Gasteiger partial charge < -0.3 is 10.4 Å². The number of carbonyl (C=O) groups is 2. The van der Waals surface area contributed by atoms with Crippen molar-refractivity contribution in [2.75, 3.05) is 19.3 Å². The summed E-state index contributed by atoms with van der Waals surface area (Å²) in [5.41, 5.74) is 1.09. The highest BCUT2D eigenvalue weighted by molar-refractivity contribution is 7.98. The van der Waals surface area contributed by atoms with Gasteiger partial charge in [-0.2, -0.15) is 0 Å². The molecule has 1 saturated heterocycles. The van der Waals surface area contributed by atoms with E-state index in [9.17, 15) is 9.59 Å². The van der Waals surface area contributed by atoms with Crippen LogP contribution in [0, 0.1) is 0 Å². The van der Waals surface area contributed by atoms with Crippen LogP contribution < -0.4 is 5.32 Å². The van der Waals surface area contributed by atoms with Gasteiger partial charge in [0.05, 0.1) is 6.42 Å². The normalized spacial score (nSPS) is 19.6. The molecule has 1 aromatic carbocycles. The van der Waals surface area contributed by atoms with Gasteiger partial charge in [0.25, 0.3) is 0 Å². The first-order chi connectivity index (χ1) is 9.60. The van der Waals surface area contributed by atoms with Crippen LogP contribution in [0.25, 0.3) is 0 Å². The third kappa shape index (κ3) is 3.74. The molecule has 6 heteroatoms. The van der Waals surface area contributed by atoms with Gasteiger partial charge in [-0.1, -0.05) is 12.1 Å². The van der Waals surface area contributed by atoms with E-state index in [1.165, 1.54) is 4.90 Å². The topological polar surface area (TPSA) is 69.6 Å². The van der Waals surface area contributed by atoms with Crippen molar-refractivity contribution in [2.45, 2.75) is 23.9 Å². The number of piperazine rings is 1. The van der Waals surface area contributed by atoms with Gasteiger partial charge in [0.15, 0.2) is 0 Å².